The highest BCUT2D eigenvalue weighted by atomic mass is 16.2. The Kier molecular flexibility index (Phi) is 1.47. The fraction of sp³-hybridized carbons (Fsp3) is 0.500. The zero-order valence-electron chi connectivity index (χ0n) is 6.18. The van der Waals surface area contributed by atoms with Crippen LogP contribution in [0.4, 0.5) is 0 Å². The summed E-state index contributed by atoms with van der Waals surface area (Å²) in [5.74, 6) is -0.111. The lowest BCUT2D eigenvalue weighted by Gasteiger charge is -2.16. The molecule has 0 spiro atoms. The molecule has 2 heteroatoms. The lowest BCUT2D eigenvalue weighted by atomic mass is 9.83. The molecule has 0 atom stereocenters. The normalized spacial score (nSPS) is 22.2. The second-order valence-corrected chi connectivity index (χ2v) is 2.75. The molecule has 0 saturated carbocycles. The highest BCUT2D eigenvalue weighted by molar-refractivity contribution is 6.21. The molecule has 0 aromatic carbocycles. The van der Waals surface area contributed by atoms with Gasteiger partial charge in [-0.05, 0) is 25.5 Å². The Bertz CT molecular complexity index is 195. The second kappa shape index (κ2) is 2.04. The largest absolute Gasteiger partial charge is 0.294 e. The number of carbonyl (C=O) groups is 2. The van der Waals surface area contributed by atoms with Gasteiger partial charge in [0.1, 0.15) is 0 Å². The summed E-state index contributed by atoms with van der Waals surface area (Å²) in [6, 6.07) is 0. The molecule has 0 aromatic heterocycles. The molecule has 0 unspecified atom stereocenters. The monoisotopic (exact) mass is 138 g/mol. The van der Waals surface area contributed by atoms with E-state index < -0.39 is 5.41 Å². The molecule has 0 saturated heterocycles. The van der Waals surface area contributed by atoms with Gasteiger partial charge in [-0.15, -0.1) is 0 Å². The van der Waals surface area contributed by atoms with Crippen molar-refractivity contribution in [2.24, 2.45) is 5.41 Å². The SMILES string of the molecule is CCC1(C)C(=O)C=CC1=O. The molecule has 0 aliphatic heterocycles. The van der Waals surface area contributed by atoms with Gasteiger partial charge >= 0.3 is 0 Å². The summed E-state index contributed by atoms with van der Waals surface area (Å²) < 4.78 is 0. The van der Waals surface area contributed by atoms with Crippen LogP contribution in [0.1, 0.15) is 20.3 Å². The van der Waals surface area contributed by atoms with E-state index in [1.54, 1.807) is 6.92 Å². The average Bonchev–Trinajstić information content (AvgIpc) is 2.18. The van der Waals surface area contributed by atoms with Crippen molar-refractivity contribution in [1.29, 1.82) is 0 Å². The lowest BCUT2D eigenvalue weighted by molar-refractivity contribution is -0.132. The smallest absolute Gasteiger partial charge is 0.169 e. The van der Waals surface area contributed by atoms with Crippen LogP contribution in [0.5, 0.6) is 0 Å². The van der Waals surface area contributed by atoms with E-state index in [-0.39, 0.29) is 11.6 Å². The molecule has 0 amide bonds. The molecule has 0 radical (unpaired) electrons. The zero-order chi connectivity index (χ0) is 7.78. The summed E-state index contributed by atoms with van der Waals surface area (Å²) in [6.45, 7) is 3.54. The maximum atomic E-state index is 11.0. The molecule has 2 nitrogen and oxygen atoms in total. The summed E-state index contributed by atoms with van der Waals surface area (Å²) in [5.41, 5.74) is -0.736. The molecule has 0 heterocycles. The first-order chi connectivity index (χ1) is 4.61. The average molecular weight is 138 g/mol. The predicted octanol–water partition coefficient (Wildman–Crippen LogP) is 1.11. The van der Waals surface area contributed by atoms with E-state index in [2.05, 4.69) is 0 Å². The van der Waals surface area contributed by atoms with Crippen molar-refractivity contribution in [3.8, 4) is 0 Å². The topological polar surface area (TPSA) is 34.1 Å². The fourth-order valence-electron chi connectivity index (χ4n) is 0.989. The standard InChI is InChI=1S/C8H10O2/c1-3-8(2)6(9)4-5-7(8)10/h4-5H,3H2,1-2H3. The number of hydrogen-bond donors (Lipinski definition) is 0. The molecule has 1 rings (SSSR count). The first-order valence-corrected chi connectivity index (χ1v) is 3.38. The Balaban J connectivity index is 2.98. The van der Waals surface area contributed by atoms with Gasteiger partial charge in [-0.25, -0.2) is 0 Å². The molecule has 54 valence electrons. The van der Waals surface area contributed by atoms with Gasteiger partial charge in [0.25, 0.3) is 0 Å². The molecular weight excluding hydrogens is 128 g/mol. The third kappa shape index (κ3) is 0.719. The van der Waals surface area contributed by atoms with Crippen LogP contribution >= 0.6 is 0 Å². The molecule has 0 bridgehead atoms. The summed E-state index contributed by atoms with van der Waals surface area (Å²) in [6.07, 6.45) is 3.33. The van der Waals surface area contributed by atoms with Gasteiger partial charge in [0, 0.05) is 0 Å². The number of carbonyl (C=O) groups excluding carboxylic acids is 2. The van der Waals surface area contributed by atoms with E-state index in [0.29, 0.717) is 6.42 Å². The summed E-state index contributed by atoms with van der Waals surface area (Å²) >= 11 is 0. The van der Waals surface area contributed by atoms with Crippen LogP contribution in [0.2, 0.25) is 0 Å². The zero-order valence-corrected chi connectivity index (χ0v) is 6.18. The van der Waals surface area contributed by atoms with E-state index >= 15 is 0 Å². The number of hydrogen-bond acceptors (Lipinski definition) is 2. The van der Waals surface area contributed by atoms with Crippen LogP contribution in [0, 0.1) is 5.41 Å². The summed E-state index contributed by atoms with van der Waals surface area (Å²) in [4.78, 5) is 22.1. The Hall–Kier alpha value is -0.920. The van der Waals surface area contributed by atoms with E-state index in [0.717, 1.165) is 0 Å². The van der Waals surface area contributed by atoms with E-state index in [1.165, 1.54) is 12.2 Å². The lowest BCUT2D eigenvalue weighted by Crippen LogP contribution is -2.28. The van der Waals surface area contributed by atoms with Crippen LogP contribution in [0.25, 0.3) is 0 Å². The number of rotatable bonds is 1. The second-order valence-electron chi connectivity index (χ2n) is 2.75. The molecule has 0 aromatic rings. The van der Waals surface area contributed by atoms with Crippen LogP contribution in [-0.4, -0.2) is 11.6 Å². The van der Waals surface area contributed by atoms with E-state index in [9.17, 15) is 9.59 Å². The predicted molar refractivity (Wildman–Crippen MR) is 37.6 cm³/mol. The van der Waals surface area contributed by atoms with Gasteiger partial charge in [0.05, 0.1) is 5.41 Å². The van der Waals surface area contributed by atoms with Crippen molar-refractivity contribution in [1.82, 2.24) is 0 Å². The van der Waals surface area contributed by atoms with Crippen molar-refractivity contribution >= 4 is 11.6 Å². The molecule has 1 aliphatic carbocycles. The van der Waals surface area contributed by atoms with Gasteiger partial charge in [-0.2, -0.15) is 0 Å². The highest BCUT2D eigenvalue weighted by Gasteiger charge is 2.39. The molecule has 10 heavy (non-hydrogen) atoms. The minimum atomic E-state index is -0.736. The quantitative estimate of drug-likeness (QED) is 0.508. The summed E-state index contributed by atoms with van der Waals surface area (Å²) in [5, 5.41) is 0. The van der Waals surface area contributed by atoms with Gasteiger partial charge in [0.2, 0.25) is 0 Å². The van der Waals surface area contributed by atoms with Crippen molar-refractivity contribution in [3.63, 3.8) is 0 Å². The van der Waals surface area contributed by atoms with Crippen molar-refractivity contribution in [3.05, 3.63) is 12.2 Å². The van der Waals surface area contributed by atoms with E-state index in [4.69, 9.17) is 0 Å². The fourth-order valence-corrected chi connectivity index (χ4v) is 0.989. The Morgan fingerprint density at radius 2 is 1.70 bits per heavy atom. The number of allylic oxidation sites excluding steroid dienone is 2. The van der Waals surface area contributed by atoms with E-state index in [1.807, 2.05) is 6.92 Å². The van der Waals surface area contributed by atoms with Crippen LogP contribution in [-0.2, 0) is 9.59 Å². The van der Waals surface area contributed by atoms with Crippen molar-refractivity contribution in [2.45, 2.75) is 20.3 Å². The van der Waals surface area contributed by atoms with Crippen LogP contribution in [0.3, 0.4) is 0 Å². The van der Waals surface area contributed by atoms with Gasteiger partial charge < -0.3 is 0 Å². The Morgan fingerprint density at radius 1 is 1.30 bits per heavy atom. The summed E-state index contributed by atoms with van der Waals surface area (Å²) in [7, 11) is 0. The first-order valence-electron chi connectivity index (χ1n) is 3.38. The van der Waals surface area contributed by atoms with Gasteiger partial charge in [-0.3, -0.25) is 9.59 Å². The Labute approximate surface area is 59.9 Å². The maximum absolute atomic E-state index is 11.0. The van der Waals surface area contributed by atoms with Crippen LogP contribution < -0.4 is 0 Å². The molecule has 1 aliphatic rings. The van der Waals surface area contributed by atoms with Crippen molar-refractivity contribution in [2.75, 3.05) is 0 Å². The minimum absolute atomic E-state index is 0.0556. The highest BCUT2D eigenvalue weighted by Crippen LogP contribution is 2.29. The van der Waals surface area contributed by atoms with Gasteiger partial charge in [-0.1, -0.05) is 6.92 Å². The van der Waals surface area contributed by atoms with Gasteiger partial charge in [0.15, 0.2) is 11.6 Å². The first kappa shape index (κ1) is 7.19. The van der Waals surface area contributed by atoms with Crippen molar-refractivity contribution < 1.29 is 9.59 Å². The Morgan fingerprint density at radius 3 is 1.90 bits per heavy atom. The molecule has 0 N–H and O–H groups in total. The third-order valence-electron chi connectivity index (χ3n) is 2.18. The molecule has 0 fully saturated rings. The molecular formula is C8H10O2. The van der Waals surface area contributed by atoms with Crippen LogP contribution in [0.15, 0.2) is 12.2 Å². The third-order valence-corrected chi connectivity index (χ3v) is 2.18. The number of ketones is 2. The minimum Gasteiger partial charge on any atom is -0.294 e. The maximum Gasteiger partial charge on any atom is 0.169 e.